The molecule has 0 saturated heterocycles. The summed E-state index contributed by atoms with van der Waals surface area (Å²) in [6.07, 6.45) is 3.39. The summed E-state index contributed by atoms with van der Waals surface area (Å²) in [6, 6.07) is 10.1. The largest absolute Gasteiger partial charge is 0.375 e. The van der Waals surface area contributed by atoms with Crippen LogP contribution in [0.1, 0.15) is 18.4 Å². The van der Waals surface area contributed by atoms with E-state index in [0.717, 1.165) is 18.4 Å². The Labute approximate surface area is 115 Å². The monoisotopic (exact) mass is 265 g/mol. The lowest BCUT2D eigenvalue weighted by Crippen LogP contribution is -2.21. The molecule has 0 aliphatic carbocycles. The number of hydroxylamine groups is 1. The Kier molecular flexibility index (Phi) is 8.93. The molecule has 0 aromatic heterocycles. The first kappa shape index (κ1) is 15.9. The molecule has 0 aliphatic heterocycles. The normalized spacial score (nSPS) is 12.3. The molecule has 0 bridgehead atoms. The van der Waals surface area contributed by atoms with Gasteiger partial charge in [0.1, 0.15) is 0 Å². The summed E-state index contributed by atoms with van der Waals surface area (Å²) in [4.78, 5) is 0. The molecule has 0 unspecified atom stereocenters. The third-order valence-electron chi connectivity index (χ3n) is 2.63. The maximum absolute atomic E-state index is 8.46. The van der Waals surface area contributed by atoms with Crippen LogP contribution in [-0.2, 0) is 16.1 Å². The number of hydrogen-bond acceptors (Lipinski definition) is 4. The molecule has 2 N–H and O–H groups in total. The van der Waals surface area contributed by atoms with Gasteiger partial charge in [0.05, 0.1) is 19.3 Å². The fourth-order valence-electron chi connectivity index (χ4n) is 1.65. The highest BCUT2D eigenvalue weighted by atomic mass is 16.5. The van der Waals surface area contributed by atoms with Crippen LogP contribution < -0.4 is 5.48 Å². The lowest BCUT2D eigenvalue weighted by Gasteiger charge is -2.16. The topological polar surface area (TPSA) is 50.7 Å². The second kappa shape index (κ2) is 10.7. The van der Waals surface area contributed by atoms with Gasteiger partial charge >= 0.3 is 0 Å². The number of rotatable bonds is 11. The van der Waals surface area contributed by atoms with Crippen molar-refractivity contribution in [3.05, 3.63) is 48.6 Å². The second-order valence-corrected chi connectivity index (χ2v) is 4.28. The van der Waals surface area contributed by atoms with Gasteiger partial charge in [-0.25, -0.2) is 5.48 Å². The first-order valence-electron chi connectivity index (χ1n) is 6.58. The first-order valence-corrected chi connectivity index (χ1v) is 6.58. The van der Waals surface area contributed by atoms with Gasteiger partial charge in [-0.1, -0.05) is 36.4 Å². The predicted octanol–water partition coefficient (Wildman–Crippen LogP) is 2.53. The van der Waals surface area contributed by atoms with Gasteiger partial charge < -0.3 is 14.7 Å². The Morgan fingerprint density at radius 1 is 1.32 bits per heavy atom. The van der Waals surface area contributed by atoms with Crippen LogP contribution in [0, 0.1) is 0 Å². The predicted molar refractivity (Wildman–Crippen MR) is 75.1 cm³/mol. The average Bonchev–Trinajstić information content (AvgIpc) is 2.44. The zero-order chi connectivity index (χ0) is 13.8. The molecular formula is C15H23NO3. The quantitative estimate of drug-likeness (QED) is 0.367. The van der Waals surface area contributed by atoms with E-state index >= 15 is 0 Å². The Hall–Kier alpha value is -1.20. The first-order chi connectivity index (χ1) is 9.36. The van der Waals surface area contributed by atoms with Crippen molar-refractivity contribution < 1.29 is 14.7 Å². The van der Waals surface area contributed by atoms with Crippen LogP contribution in [0.3, 0.4) is 0 Å². The van der Waals surface area contributed by atoms with E-state index in [1.165, 1.54) is 0 Å². The molecular weight excluding hydrogens is 242 g/mol. The van der Waals surface area contributed by atoms with E-state index in [4.69, 9.17) is 14.7 Å². The van der Waals surface area contributed by atoms with Crippen molar-refractivity contribution in [3.8, 4) is 0 Å². The van der Waals surface area contributed by atoms with E-state index in [1.807, 2.05) is 36.4 Å². The molecule has 1 aromatic rings. The minimum Gasteiger partial charge on any atom is -0.375 e. The zero-order valence-corrected chi connectivity index (χ0v) is 11.3. The molecule has 0 spiro atoms. The van der Waals surface area contributed by atoms with Gasteiger partial charge in [-0.05, 0) is 18.4 Å². The van der Waals surface area contributed by atoms with Crippen molar-refractivity contribution in [2.24, 2.45) is 0 Å². The van der Waals surface area contributed by atoms with E-state index in [-0.39, 0.29) is 6.10 Å². The Morgan fingerprint density at radius 3 is 2.79 bits per heavy atom. The van der Waals surface area contributed by atoms with Gasteiger partial charge in [0.15, 0.2) is 0 Å². The molecule has 0 radical (unpaired) electrons. The Bertz CT molecular complexity index is 329. The molecule has 0 saturated carbocycles. The summed E-state index contributed by atoms with van der Waals surface area (Å²) in [6.45, 7) is 6.00. The molecule has 1 aromatic carbocycles. The van der Waals surface area contributed by atoms with Crippen LogP contribution in [0.15, 0.2) is 43.0 Å². The molecule has 106 valence electrons. The van der Waals surface area contributed by atoms with Gasteiger partial charge in [-0.15, -0.1) is 6.58 Å². The maximum atomic E-state index is 8.46. The lowest BCUT2D eigenvalue weighted by atomic mass is 10.2. The molecule has 19 heavy (non-hydrogen) atoms. The van der Waals surface area contributed by atoms with Crippen LogP contribution in [0.4, 0.5) is 0 Å². The summed E-state index contributed by atoms with van der Waals surface area (Å²) in [7, 11) is 0. The molecule has 0 amide bonds. The minimum atomic E-state index is 0.0277. The van der Waals surface area contributed by atoms with Gasteiger partial charge in [0.25, 0.3) is 0 Å². The van der Waals surface area contributed by atoms with Gasteiger partial charge in [-0.3, -0.25) is 0 Å². The fraction of sp³-hybridized carbons (Fsp3) is 0.467. The van der Waals surface area contributed by atoms with Crippen molar-refractivity contribution in [1.82, 2.24) is 5.48 Å². The summed E-state index contributed by atoms with van der Waals surface area (Å²) >= 11 is 0. The highest BCUT2D eigenvalue weighted by Crippen LogP contribution is 2.05. The molecule has 4 heteroatoms. The highest BCUT2D eigenvalue weighted by molar-refractivity contribution is 5.13. The van der Waals surface area contributed by atoms with Crippen LogP contribution in [0.25, 0.3) is 0 Å². The molecule has 1 atom stereocenters. The maximum Gasteiger partial charge on any atom is 0.0842 e. The fourth-order valence-corrected chi connectivity index (χ4v) is 1.65. The molecule has 1 rings (SSSR count). The standard InChI is InChI=1S/C15H23NO3/c1-2-7-15(19-11-6-10-16-17)13-18-12-14-8-4-3-5-9-14/h2-5,8-9,15-17H,1,6-7,10-13H2/t15-/m1/s1. The van der Waals surface area contributed by atoms with E-state index < -0.39 is 0 Å². The van der Waals surface area contributed by atoms with Crippen molar-refractivity contribution in [3.63, 3.8) is 0 Å². The van der Waals surface area contributed by atoms with Crippen molar-refractivity contribution in [2.75, 3.05) is 19.8 Å². The smallest absolute Gasteiger partial charge is 0.0842 e. The number of hydrogen-bond donors (Lipinski definition) is 2. The van der Waals surface area contributed by atoms with Crippen LogP contribution in [-0.4, -0.2) is 31.1 Å². The van der Waals surface area contributed by atoms with Crippen LogP contribution >= 0.6 is 0 Å². The van der Waals surface area contributed by atoms with Crippen LogP contribution in [0.5, 0.6) is 0 Å². The summed E-state index contributed by atoms with van der Waals surface area (Å²) in [5.41, 5.74) is 3.26. The summed E-state index contributed by atoms with van der Waals surface area (Å²) < 4.78 is 11.3. The van der Waals surface area contributed by atoms with Gasteiger partial charge in [0.2, 0.25) is 0 Å². The molecule has 0 heterocycles. The number of nitrogens with one attached hydrogen (secondary N) is 1. The minimum absolute atomic E-state index is 0.0277. The number of benzene rings is 1. The van der Waals surface area contributed by atoms with Gasteiger partial charge in [0, 0.05) is 13.2 Å². The average molecular weight is 265 g/mol. The van der Waals surface area contributed by atoms with Gasteiger partial charge in [-0.2, -0.15) is 0 Å². The number of ether oxygens (including phenoxy) is 2. The Balaban J connectivity index is 2.19. The van der Waals surface area contributed by atoms with E-state index in [1.54, 1.807) is 0 Å². The van der Waals surface area contributed by atoms with Crippen LogP contribution in [0.2, 0.25) is 0 Å². The van der Waals surface area contributed by atoms with Crippen molar-refractivity contribution in [2.45, 2.75) is 25.6 Å². The molecule has 0 aliphatic rings. The highest BCUT2D eigenvalue weighted by Gasteiger charge is 2.07. The lowest BCUT2D eigenvalue weighted by molar-refractivity contribution is -0.0221. The van der Waals surface area contributed by atoms with E-state index in [2.05, 4.69) is 12.1 Å². The summed E-state index contributed by atoms with van der Waals surface area (Å²) in [5, 5.41) is 8.46. The third-order valence-corrected chi connectivity index (χ3v) is 2.63. The van der Waals surface area contributed by atoms with E-state index in [9.17, 15) is 0 Å². The second-order valence-electron chi connectivity index (χ2n) is 4.28. The Morgan fingerprint density at radius 2 is 2.11 bits per heavy atom. The SMILES string of the molecule is C=CC[C@H](COCc1ccccc1)OCCCNO. The summed E-state index contributed by atoms with van der Waals surface area (Å²) in [5.74, 6) is 0. The van der Waals surface area contributed by atoms with Crippen molar-refractivity contribution in [1.29, 1.82) is 0 Å². The zero-order valence-electron chi connectivity index (χ0n) is 11.3. The third kappa shape index (κ3) is 7.74. The van der Waals surface area contributed by atoms with Crippen molar-refractivity contribution >= 4 is 0 Å². The van der Waals surface area contributed by atoms with E-state index in [0.29, 0.717) is 26.4 Å². The molecule has 4 nitrogen and oxygen atoms in total. The molecule has 0 fully saturated rings.